The molecule has 0 aromatic heterocycles. The van der Waals surface area contributed by atoms with Gasteiger partial charge in [0.1, 0.15) is 12.6 Å². The number of carbonyl (C=O) groups excluding carboxylic acids is 1. The predicted octanol–water partition coefficient (Wildman–Crippen LogP) is 5.83. The Hall–Kier alpha value is -0.820. The first kappa shape index (κ1) is 33.7. The molecule has 6 nitrogen and oxygen atoms in total. The van der Waals surface area contributed by atoms with E-state index >= 15 is 0 Å². The van der Waals surface area contributed by atoms with E-state index in [0.29, 0.717) is 5.71 Å². The first-order valence-electron chi connectivity index (χ1n) is 16.7. The number of rotatable bonds is 13. The Labute approximate surface area is 247 Å². The number of ketones is 1. The highest BCUT2D eigenvalue weighted by molar-refractivity contribution is 6.49. The van der Waals surface area contributed by atoms with E-state index in [4.69, 9.17) is 0 Å². The largest absolute Gasteiger partial charge is 0.380 e. The SMILES string of the molecule is CCCCCCN(C1CC(C)(C)NC(C)(C)C1)C1C(=O)C(=[N+](CCCCCC)C2CC(C)(C)NC(C)(C)C2)C1O. The van der Waals surface area contributed by atoms with Gasteiger partial charge in [0.2, 0.25) is 5.78 Å². The van der Waals surface area contributed by atoms with Crippen LogP contribution in [0.15, 0.2) is 0 Å². The molecule has 0 spiro atoms. The normalized spacial score (nSPS) is 29.4. The number of aliphatic hydroxyl groups excluding tert-OH is 1. The molecular formula is C34H65N4O2+. The highest BCUT2D eigenvalue weighted by Crippen LogP contribution is 2.37. The smallest absolute Gasteiger partial charge is 0.252 e. The molecule has 0 radical (unpaired) electrons. The summed E-state index contributed by atoms with van der Waals surface area (Å²) in [5.74, 6) is 0.182. The van der Waals surface area contributed by atoms with Crippen molar-refractivity contribution in [2.75, 3.05) is 13.1 Å². The van der Waals surface area contributed by atoms with E-state index in [1.807, 2.05) is 0 Å². The third-order valence-corrected chi connectivity index (χ3v) is 9.54. The Bertz CT molecular complexity index is 858. The maximum absolute atomic E-state index is 14.3. The molecule has 232 valence electrons. The minimum Gasteiger partial charge on any atom is -0.380 e. The van der Waals surface area contributed by atoms with Crippen molar-refractivity contribution in [3.63, 3.8) is 0 Å². The highest BCUT2D eigenvalue weighted by atomic mass is 16.3. The van der Waals surface area contributed by atoms with Crippen molar-refractivity contribution in [2.24, 2.45) is 0 Å². The molecule has 0 aromatic rings. The fourth-order valence-electron chi connectivity index (χ4n) is 8.61. The molecule has 3 aliphatic rings. The average molecular weight is 562 g/mol. The van der Waals surface area contributed by atoms with E-state index in [1.165, 1.54) is 38.5 Å². The molecule has 2 atom stereocenters. The van der Waals surface area contributed by atoms with Gasteiger partial charge in [-0.25, -0.2) is 4.58 Å². The van der Waals surface area contributed by atoms with Gasteiger partial charge in [-0.05, 0) is 87.6 Å². The number of carbonyl (C=O) groups is 1. The second kappa shape index (κ2) is 13.2. The lowest BCUT2D eigenvalue weighted by molar-refractivity contribution is -0.576. The fourth-order valence-corrected chi connectivity index (χ4v) is 8.61. The first-order valence-corrected chi connectivity index (χ1v) is 16.7. The van der Waals surface area contributed by atoms with Crippen molar-refractivity contribution in [2.45, 2.75) is 193 Å². The molecule has 2 heterocycles. The molecule has 1 saturated carbocycles. The molecule has 2 unspecified atom stereocenters. The molecule has 3 fully saturated rings. The standard InChI is InChI=1S/C34H65N4O2/c1-11-13-15-17-19-37(25-21-31(3,4)35-32(5,6)22-25)27-29(39)28(30(27)40)38(20-18-16-14-12-2)26-23-33(7,8)36-34(9,10)24-26/h25-27,29,35-36,39H,11-24H2,1-10H3/q+1. The number of Topliss-reactive ketones (excluding diaryl/α,β-unsaturated/α-hetero) is 1. The van der Waals surface area contributed by atoms with Crippen LogP contribution >= 0.6 is 0 Å². The van der Waals surface area contributed by atoms with E-state index in [2.05, 4.69) is 89.3 Å². The number of hydrogen-bond donors (Lipinski definition) is 3. The summed E-state index contributed by atoms with van der Waals surface area (Å²) in [5, 5.41) is 19.5. The van der Waals surface area contributed by atoms with Gasteiger partial charge in [0.25, 0.3) is 5.71 Å². The molecule has 2 saturated heterocycles. The summed E-state index contributed by atoms with van der Waals surface area (Å²) >= 11 is 0. The van der Waals surface area contributed by atoms with Crippen LogP contribution < -0.4 is 10.6 Å². The zero-order chi connectivity index (χ0) is 29.9. The van der Waals surface area contributed by atoms with Gasteiger partial charge < -0.3 is 15.7 Å². The summed E-state index contributed by atoms with van der Waals surface area (Å²) in [5.41, 5.74) is 0.671. The Kier molecular flexibility index (Phi) is 11.1. The van der Waals surface area contributed by atoms with Gasteiger partial charge >= 0.3 is 0 Å². The molecule has 0 aromatic carbocycles. The number of nitrogens with zero attached hydrogens (tertiary/aromatic N) is 2. The quantitative estimate of drug-likeness (QED) is 0.195. The Morgan fingerprint density at radius 3 is 1.70 bits per heavy atom. The summed E-state index contributed by atoms with van der Waals surface area (Å²) in [6.07, 6.45) is 12.6. The van der Waals surface area contributed by atoms with Crippen LogP contribution in [0.25, 0.3) is 0 Å². The highest BCUT2D eigenvalue weighted by Gasteiger charge is 2.58. The van der Waals surface area contributed by atoms with E-state index in [9.17, 15) is 9.90 Å². The fraction of sp³-hybridized carbons (Fsp3) is 0.941. The van der Waals surface area contributed by atoms with Crippen molar-refractivity contribution in [1.82, 2.24) is 15.5 Å². The predicted molar refractivity (Wildman–Crippen MR) is 169 cm³/mol. The summed E-state index contributed by atoms with van der Waals surface area (Å²) in [6.45, 7) is 24.5. The average Bonchev–Trinajstić information content (AvgIpc) is 2.78. The monoisotopic (exact) mass is 562 g/mol. The first-order chi connectivity index (χ1) is 18.5. The second-order valence-corrected chi connectivity index (χ2v) is 16.1. The summed E-state index contributed by atoms with van der Waals surface area (Å²) in [7, 11) is 0. The molecule has 0 amide bonds. The molecule has 3 N–H and O–H groups in total. The molecule has 3 rings (SSSR count). The molecular weight excluding hydrogens is 496 g/mol. The van der Waals surface area contributed by atoms with Crippen LogP contribution in [-0.4, -0.2) is 85.6 Å². The lowest BCUT2D eigenvalue weighted by Crippen LogP contribution is -2.73. The number of unbranched alkanes of at least 4 members (excludes halogenated alkanes) is 6. The van der Waals surface area contributed by atoms with Gasteiger partial charge in [0.15, 0.2) is 12.1 Å². The summed E-state index contributed by atoms with van der Waals surface area (Å²) in [6, 6.07) is 0.136. The molecule has 1 aliphatic carbocycles. The zero-order valence-electron chi connectivity index (χ0n) is 28.0. The molecule has 2 aliphatic heterocycles. The molecule has 0 bridgehead atoms. The van der Waals surface area contributed by atoms with Crippen LogP contribution in [0.4, 0.5) is 0 Å². The maximum Gasteiger partial charge on any atom is 0.252 e. The maximum atomic E-state index is 14.3. The van der Waals surface area contributed by atoms with Crippen molar-refractivity contribution >= 4 is 11.5 Å². The third kappa shape index (κ3) is 8.61. The summed E-state index contributed by atoms with van der Waals surface area (Å²) < 4.78 is 2.37. The number of aliphatic hydroxyl groups is 1. The number of piperidine rings is 2. The minimum atomic E-state index is -0.702. The van der Waals surface area contributed by atoms with Gasteiger partial charge in [-0.1, -0.05) is 46.0 Å². The Balaban J connectivity index is 1.93. The van der Waals surface area contributed by atoms with Crippen LogP contribution in [0, 0.1) is 0 Å². The van der Waals surface area contributed by atoms with E-state index in [-0.39, 0.29) is 40.0 Å². The van der Waals surface area contributed by atoms with Crippen molar-refractivity contribution in [1.29, 1.82) is 0 Å². The Morgan fingerprint density at radius 2 is 1.23 bits per heavy atom. The van der Waals surface area contributed by atoms with Gasteiger partial charge in [-0.15, -0.1) is 0 Å². The second-order valence-electron chi connectivity index (χ2n) is 16.1. The van der Waals surface area contributed by atoms with Gasteiger partial charge in [-0.2, -0.15) is 0 Å². The van der Waals surface area contributed by atoms with Crippen LogP contribution in [-0.2, 0) is 4.79 Å². The third-order valence-electron chi connectivity index (χ3n) is 9.54. The molecule has 6 heteroatoms. The van der Waals surface area contributed by atoms with Crippen LogP contribution in [0.2, 0.25) is 0 Å². The Morgan fingerprint density at radius 1 is 0.750 bits per heavy atom. The van der Waals surface area contributed by atoms with E-state index in [0.717, 1.165) is 51.6 Å². The van der Waals surface area contributed by atoms with Crippen molar-refractivity contribution < 1.29 is 14.5 Å². The van der Waals surface area contributed by atoms with Crippen LogP contribution in [0.3, 0.4) is 0 Å². The molecule has 40 heavy (non-hydrogen) atoms. The van der Waals surface area contributed by atoms with Crippen molar-refractivity contribution in [3.05, 3.63) is 0 Å². The number of nitrogens with one attached hydrogen (secondary N) is 2. The van der Waals surface area contributed by atoms with Gasteiger partial charge in [0, 0.05) is 47.5 Å². The topological polar surface area (TPSA) is 67.6 Å². The van der Waals surface area contributed by atoms with Crippen LogP contribution in [0.1, 0.15) is 146 Å². The van der Waals surface area contributed by atoms with Crippen LogP contribution in [0.5, 0.6) is 0 Å². The van der Waals surface area contributed by atoms with E-state index < -0.39 is 12.1 Å². The van der Waals surface area contributed by atoms with Crippen molar-refractivity contribution in [3.8, 4) is 0 Å². The lowest BCUT2D eigenvalue weighted by atomic mass is 9.75. The van der Waals surface area contributed by atoms with E-state index in [1.54, 1.807) is 0 Å². The number of hydrogen-bond acceptors (Lipinski definition) is 5. The van der Waals surface area contributed by atoms with Gasteiger partial charge in [0.05, 0.1) is 0 Å². The van der Waals surface area contributed by atoms with Gasteiger partial charge in [-0.3, -0.25) is 9.69 Å². The lowest BCUT2D eigenvalue weighted by Gasteiger charge is -2.53. The minimum absolute atomic E-state index is 0.00402. The zero-order valence-corrected chi connectivity index (χ0v) is 28.0. The summed E-state index contributed by atoms with van der Waals surface area (Å²) in [4.78, 5) is 16.7.